The molecule has 1 unspecified atom stereocenters. The van der Waals surface area contributed by atoms with Crippen LogP contribution >= 0.6 is 22.9 Å². The maximum atomic E-state index is 14.5. The van der Waals surface area contributed by atoms with Crippen LogP contribution in [0.15, 0.2) is 90.6 Å². The van der Waals surface area contributed by atoms with E-state index in [1.165, 1.54) is 11.3 Å². The van der Waals surface area contributed by atoms with E-state index in [0.29, 0.717) is 26.6 Å². The molecule has 37 heavy (non-hydrogen) atoms. The number of hydrogen-bond acceptors (Lipinski definition) is 6. The van der Waals surface area contributed by atoms with E-state index in [1.54, 1.807) is 54.9 Å². The Bertz CT molecular complexity index is 1590. The Morgan fingerprint density at radius 3 is 2.43 bits per heavy atom. The number of anilines is 1. The Kier molecular flexibility index (Phi) is 4.87. The minimum Gasteiger partial charge on any atom is -0.352 e. The number of carbonyl (C=O) groups is 3. The fraction of sp³-hybridized carbons (Fsp3) is 0.133. The molecule has 1 fully saturated rings. The molecule has 0 bridgehead atoms. The summed E-state index contributed by atoms with van der Waals surface area (Å²) >= 11 is 7.68. The van der Waals surface area contributed by atoms with Crippen molar-refractivity contribution in [2.75, 3.05) is 4.90 Å². The minimum absolute atomic E-state index is 0.126. The van der Waals surface area contributed by atoms with Gasteiger partial charge in [0.05, 0.1) is 10.9 Å². The molecule has 180 valence electrons. The molecular weight excluding hydrogens is 504 g/mol. The number of ketones is 3. The number of carbonyl (C=O) groups excluding carboxylic acids is 3. The van der Waals surface area contributed by atoms with Gasteiger partial charge in [0.25, 0.3) is 0 Å². The number of fused-ring (bicyclic) bond motifs is 5. The lowest BCUT2D eigenvalue weighted by atomic mass is 9.64. The molecule has 7 heteroatoms. The molecule has 3 atom stereocenters. The second kappa shape index (κ2) is 8.07. The number of halogens is 1. The van der Waals surface area contributed by atoms with Crippen molar-refractivity contribution >= 4 is 52.1 Å². The number of hydrogen-bond donors (Lipinski definition) is 0. The molecule has 4 aromatic rings. The molecule has 1 saturated heterocycles. The summed E-state index contributed by atoms with van der Waals surface area (Å²) in [6.45, 7) is 0. The molecule has 0 N–H and O–H groups in total. The van der Waals surface area contributed by atoms with Crippen LogP contribution in [0.25, 0.3) is 6.08 Å². The van der Waals surface area contributed by atoms with Crippen LogP contribution in [0.5, 0.6) is 0 Å². The summed E-state index contributed by atoms with van der Waals surface area (Å²) < 4.78 is 0. The first-order chi connectivity index (χ1) is 18.0. The average molecular weight is 523 g/mol. The number of rotatable bonds is 3. The molecule has 5 nitrogen and oxygen atoms in total. The smallest absolute Gasteiger partial charge is 0.195 e. The van der Waals surface area contributed by atoms with Crippen molar-refractivity contribution in [3.8, 4) is 0 Å². The van der Waals surface area contributed by atoms with E-state index < -0.39 is 23.4 Å². The van der Waals surface area contributed by atoms with Crippen LogP contribution in [0.1, 0.15) is 47.4 Å². The van der Waals surface area contributed by atoms with Gasteiger partial charge in [0, 0.05) is 40.1 Å². The second-order valence-electron chi connectivity index (χ2n) is 9.54. The molecule has 2 aromatic heterocycles. The number of aromatic nitrogens is 1. The maximum absolute atomic E-state index is 14.5. The molecule has 0 radical (unpaired) electrons. The average Bonchev–Trinajstić information content (AvgIpc) is 3.62. The molecule has 2 aromatic carbocycles. The Morgan fingerprint density at radius 2 is 1.76 bits per heavy atom. The van der Waals surface area contributed by atoms with Gasteiger partial charge in [0.2, 0.25) is 0 Å². The lowest BCUT2D eigenvalue weighted by Gasteiger charge is -2.37. The molecule has 0 saturated carbocycles. The van der Waals surface area contributed by atoms with Gasteiger partial charge in [0.1, 0.15) is 11.5 Å². The summed E-state index contributed by atoms with van der Waals surface area (Å²) in [4.78, 5) is 50.1. The van der Waals surface area contributed by atoms with Crippen molar-refractivity contribution in [2.45, 2.75) is 18.0 Å². The highest BCUT2D eigenvalue weighted by Gasteiger charge is 2.71. The fourth-order valence-electron chi connectivity index (χ4n) is 6.45. The molecule has 1 spiro atoms. The van der Waals surface area contributed by atoms with E-state index >= 15 is 0 Å². The molecule has 3 aliphatic rings. The lowest BCUT2D eigenvalue weighted by molar-refractivity contribution is 0.0666. The zero-order chi connectivity index (χ0) is 25.3. The third-order valence-electron chi connectivity index (χ3n) is 7.84. The van der Waals surface area contributed by atoms with Gasteiger partial charge in [-0.2, -0.15) is 0 Å². The quantitative estimate of drug-likeness (QED) is 0.240. The van der Waals surface area contributed by atoms with Crippen LogP contribution in [0, 0.1) is 5.41 Å². The van der Waals surface area contributed by atoms with Crippen molar-refractivity contribution in [3.63, 3.8) is 0 Å². The van der Waals surface area contributed by atoms with Crippen molar-refractivity contribution in [3.05, 3.63) is 123 Å². The highest BCUT2D eigenvalue weighted by atomic mass is 35.5. The van der Waals surface area contributed by atoms with E-state index in [1.807, 2.05) is 46.7 Å². The number of benzene rings is 2. The highest BCUT2D eigenvalue weighted by Crippen LogP contribution is 2.61. The summed E-state index contributed by atoms with van der Waals surface area (Å²) in [7, 11) is 0. The van der Waals surface area contributed by atoms with Gasteiger partial charge in [0.15, 0.2) is 17.3 Å². The molecule has 0 amide bonds. The first-order valence-electron chi connectivity index (χ1n) is 12.0. The van der Waals surface area contributed by atoms with Gasteiger partial charge in [-0.25, -0.2) is 0 Å². The first-order valence-corrected chi connectivity index (χ1v) is 13.2. The fourth-order valence-corrected chi connectivity index (χ4v) is 7.32. The summed E-state index contributed by atoms with van der Waals surface area (Å²) in [5, 5.41) is 2.43. The van der Waals surface area contributed by atoms with Gasteiger partial charge < -0.3 is 4.90 Å². The minimum atomic E-state index is -1.52. The molecule has 2 aliphatic heterocycles. The van der Waals surface area contributed by atoms with E-state index in [2.05, 4.69) is 4.98 Å². The van der Waals surface area contributed by atoms with Crippen LogP contribution in [-0.2, 0) is 0 Å². The molecule has 7 rings (SSSR count). The van der Waals surface area contributed by atoms with Crippen molar-refractivity contribution in [1.29, 1.82) is 0 Å². The van der Waals surface area contributed by atoms with Gasteiger partial charge in [-0.3, -0.25) is 19.4 Å². The highest BCUT2D eigenvalue weighted by molar-refractivity contribution is 7.12. The Hall–Kier alpha value is -3.87. The number of Topliss-reactive ketones (excluding diaryl/α,β-unsaturated/α-hetero) is 3. The Morgan fingerprint density at radius 1 is 0.973 bits per heavy atom. The Balaban J connectivity index is 1.56. The summed E-state index contributed by atoms with van der Waals surface area (Å²) in [5.74, 6) is -1.38. The molecule has 1 aliphatic carbocycles. The predicted octanol–water partition coefficient (Wildman–Crippen LogP) is 6.11. The summed E-state index contributed by atoms with van der Waals surface area (Å²) in [6.07, 6.45) is 7.13. The second-order valence-corrected chi connectivity index (χ2v) is 10.9. The molecule has 4 heterocycles. The van der Waals surface area contributed by atoms with Gasteiger partial charge in [-0.05, 0) is 46.8 Å². The predicted molar refractivity (Wildman–Crippen MR) is 144 cm³/mol. The van der Waals surface area contributed by atoms with Gasteiger partial charge in [-0.1, -0.05) is 60.2 Å². The zero-order valence-electron chi connectivity index (χ0n) is 19.4. The van der Waals surface area contributed by atoms with Crippen LogP contribution in [0.2, 0.25) is 5.02 Å². The van der Waals surface area contributed by atoms with Crippen LogP contribution < -0.4 is 4.90 Å². The van der Waals surface area contributed by atoms with Crippen molar-refractivity contribution in [1.82, 2.24) is 4.98 Å². The number of nitrogens with zero attached hydrogens (tertiary/aromatic N) is 2. The lowest BCUT2D eigenvalue weighted by Crippen LogP contribution is -2.48. The largest absolute Gasteiger partial charge is 0.352 e. The van der Waals surface area contributed by atoms with E-state index in [0.717, 1.165) is 11.3 Å². The van der Waals surface area contributed by atoms with Gasteiger partial charge >= 0.3 is 0 Å². The number of thiophene rings is 1. The third-order valence-corrected chi connectivity index (χ3v) is 8.96. The van der Waals surface area contributed by atoms with Crippen molar-refractivity contribution < 1.29 is 14.4 Å². The number of pyridine rings is 1. The maximum Gasteiger partial charge on any atom is 0.195 e. The van der Waals surface area contributed by atoms with E-state index in [-0.39, 0.29) is 17.3 Å². The van der Waals surface area contributed by atoms with Crippen molar-refractivity contribution in [2.24, 2.45) is 5.41 Å². The monoisotopic (exact) mass is 522 g/mol. The summed E-state index contributed by atoms with van der Waals surface area (Å²) in [6, 6.07) is 18.3. The third kappa shape index (κ3) is 2.91. The van der Waals surface area contributed by atoms with Crippen LogP contribution in [0.3, 0.4) is 0 Å². The first kappa shape index (κ1) is 22.3. The van der Waals surface area contributed by atoms with Crippen LogP contribution in [-0.4, -0.2) is 34.4 Å². The van der Waals surface area contributed by atoms with E-state index in [4.69, 9.17) is 11.6 Å². The topological polar surface area (TPSA) is 67.3 Å². The van der Waals surface area contributed by atoms with Gasteiger partial charge in [-0.15, -0.1) is 11.3 Å². The zero-order valence-corrected chi connectivity index (χ0v) is 20.9. The van der Waals surface area contributed by atoms with E-state index in [9.17, 15) is 14.4 Å². The van der Waals surface area contributed by atoms with Crippen LogP contribution in [0.4, 0.5) is 5.69 Å². The normalized spacial score (nSPS) is 22.7. The standard InChI is InChI=1S/C30H19ClN2O3S/c31-19-10-11-22-17(15-19)9-12-24-30(28(35)20-6-1-2-7-21(20)29(30)36)25(18-5-3-13-32-16-18)26(33(22)24)27(34)23-8-4-14-37-23/h1-16,24-26H/t24?,25-,26+/m0/s1. The Labute approximate surface area is 222 Å². The SMILES string of the molecule is O=C(c1cccs1)[C@H]1[C@H](c2cccnc2)C2(C(=O)c3ccccc3C2=O)C2C=Cc3cc(Cl)ccc3N21. The summed E-state index contributed by atoms with van der Waals surface area (Å²) in [5.41, 5.74) is 1.59. The molecular formula is C30H19ClN2O3S.